The minimum absolute atomic E-state index is 0.226. The van der Waals surface area contributed by atoms with Gasteiger partial charge in [-0.1, -0.05) is 29.8 Å². The first-order chi connectivity index (χ1) is 8.87. The molecule has 0 saturated carbocycles. The van der Waals surface area contributed by atoms with Crippen molar-refractivity contribution in [2.24, 2.45) is 5.92 Å². The van der Waals surface area contributed by atoms with Crippen LogP contribution >= 0.6 is 15.9 Å². The van der Waals surface area contributed by atoms with Crippen LogP contribution in [0.2, 0.25) is 0 Å². The van der Waals surface area contributed by atoms with Crippen LogP contribution in [0, 0.1) is 5.92 Å². The molecule has 0 spiro atoms. The van der Waals surface area contributed by atoms with Crippen molar-refractivity contribution in [3.8, 4) is 0 Å². The summed E-state index contributed by atoms with van der Waals surface area (Å²) >= 11 is 3.40. The molecule has 4 heteroatoms. The lowest BCUT2D eigenvalue weighted by Gasteiger charge is -2.29. The number of ether oxygens (including phenoxy) is 1. The molecule has 19 heavy (non-hydrogen) atoms. The van der Waals surface area contributed by atoms with Crippen molar-refractivity contribution in [2.45, 2.75) is 39.2 Å². The van der Waals surface area contributed by atoms with Gasteiger partial charge in [0.2, 0.25) is 0 Å². The Balaban J connectivity index is 2.84. The highest BCUT2D eigenvalue weighted by Gasteiger charge is 2.34. The zero-order chi connectivity index (χ0) is 14.5. The predicted molar refractivity (Wildman–Crippen MR) is 82.3 cm³/mol. The molecule has 106 valence electrons. The van der Waals surface area contributed by atoms with Gasteiger partial charge in [0.25, 0.3) is 0 Å². The molecule has 0 aliphatic carbocycles. The Bertz CT molecular complexity index is 417. The van der Waals surface area contributed by atoms with Crippen LogP contribution in [0.15, 0.2) is 28.7 Å². The average Bonchev–Trinajstić information content (AvgIpc) is 2.38. The normalized spacial score (nSPS) is 14.0. The van der Waals surface area contributed by atoms with E-state index < -0.39 is 5.54 Å². The summed E-state index contributed by atoms with van der Waals surface area (Å²) < 4.78 is 5.95. The largest absolute Gasteiger partial charge is 0.467 e. The Hall–Kier alpha value is -1.03. The number of carbonyl (C=O) groups is 1. The number of rotatable bonds is 6. The Morgan fingerprint density at radius 3 is 2.42 bits per heavy atom. The van der Waals surface area contributed by atoms with E-state index in [-0.39, 0.29) is 5.97 Å². The quantitative estimate of drug-likeness (QED) is 0.794. The average molecular weight is 328 g/mol. The Morgan fingerprint density at radius 2 is 1.95 bits per heavy atom. The van der Waals surface area contributed by atoms with E-state index in [0.717, 1.165) is 23.0 Å². The maximum atomic E-state index is 12.0. The zero-order valence-electron chi connectivity index (χ0n) is 12.0. The summed E-state index contributed by atoms with van der Waals surface area (Å²) in [6.07, 6.45) is 1.71. The molecule has 0 bridgehead atoms. The second-order valence-corrected chi connectivity index (χ2v) is 6.30. The van der Waals surface area contributed by atoms with Gasteiger partial charge in [0.15, 0.2) is 0 Å². The molecule has 3 nitrogen and oxygen atoms in total. The van der Waals surface area contributed by atoms with Gasteiger partial charge in [-0.3, -0.25) is 0 Å². The van der Waals surface area contributed by atoms with Crippen LogP contribution in [0.3, 0.4) is 0 Å². The van der Waals surface area contributed by atoms with Crippen molar-refractivity contribution in [1.82, 2.24) is 0 Å². The maximum Gasteiger partial charge on any atom is 0.331 e. The molecule has 1 unspecified atom stereocenters. The van der Waals surface area contributed by atoms with Crippen LogP contribution < -0.4 is 5.32 Å². The van der Waals surface area contributed by atoms with Crippen molar-refractivity contribution >= 4 is 27.6 Å². The summed E-state index contributed by atoms with van der Waals surface area (Å²) in [6.45, 7) is 6.19. The van der Waals surface area contributed by atoms with Gasteiger partial charge in [-0.05, 0) is 49.9 Å². The Morgan fingerprint density at radius 1 is 1.37 bits per heavy atom. The van der Waals surface area contributed by atoms with E-state index in [9.17, 15) is 4.79 Å². The molecule has 0 fully saturated rings. The molecule has 1 aromatic carbocycles. The van der Waals surface area contributed by atoms with Gasteiger partial charge < -0.3 is 10.1 Å². The smallest absolute Gasteiger partial charge is 0.331 e. The van der Waals surface area contributed by atoms with Gasteiger partial charge in [0.05, 0.1) is 7.11 Å². The van der Waals surface area contributed by atoms with Gasteiger partial charge in [-0.15, -0.1) is 0 Å². The molecule has 1 aromatic rings. The second-order valence-electron chi connectivity index (χ2n) is 5.39. The first-order valence-electron chi connectivity index (χ1n) is 6.49. The van der Waals surface area contributed by atoms with Gasteiger partial charge in [0.1, 0.15) is 5.54 Å². The van der Waals surface area contributed by atoms with Gasteiger partial charge in [0, 0.05) is 10.2 Å². The molecule has 0 aromatic heterocycles. The highest BCUT2D eigenvalue weighted by molar-refractivity contribution is 9.10. The van der Waals surface area contributed by atoms with Crippen molar-refractivity contribution in [2.75, 3.05) is 12.4 Å². The summed E-state index contributed by atoms with van der Waals surface area (Å²) in [5.74, 6) is 0.326. The fraction of sp³-hybridized carbons (Fsp3) is 0.533. The van der Waals surface area contributed by atoms with E-state index in [1.165, 1.54) is 7.11 Å². The number of halogens is 1. The number of anilines is 1. The lowest BCUT2D eigenvalue weighted by molar-refractivity contribution is -0.145. The van der Waals surface area contributed by atoms with Crippen LogP contribution in [-0.4, -0.2) is 18.6 Å². The molecular weight excluding hydrogens is 306 g/mol. The van der Waals surface area contributed by atoms with Crippen LogP contribution in [-0.2, 0) is 9.53 Å². The Kier molecular flexibility index (Phi) is 5.85. The molecule has 0 aliphatic heterocycles. The number of benzene rings is 1. The van der Waals surface area contributed by atoms with Crippen molar-refractivity contribution in [3.63, 3.8) is 0 Å². The highest BCUT2D eigenvalue weighted by atomic mass is 79.9. The number of hydrogen-bond acceptors (Lipinski definition) is 3. The number of esters is 1. The van der Waals surface area contributed by atoms with Crippen molar-refractivity contribution < 1.29 is 9.53 Å². The van der Waals surface area contributed by atoms with Crippen LogP contribution in [0.25, 0.3) is 0 Å². The van der Waals surface area contributed by atoms with E-state index >= 15 is 0 Å². The molecule has 0 amide bonds. The molecule has 1 rings (SSSR count). The molecular formula is C15H22BrNO2. The molecule has 1 N–H and O–H groups in total. The third kappa shape index (κ3) is 4.86. The molecule has 0 aliphatic rings. The van der Waals surface area contributed by atoms with Crippen molar-refractivity contribution in [3.05, 3.63) is 28.7 Å². The Labute approximate surface area is 123 Å². The summed E-state index contributed by atoms with van der Waals surface area (Å²) in [6, 6.07) is 7.78. The number of methoxy groups -OCH3 is 1. The summed E-state index contributed by atoms with van der Waals surface area (Å²) in [4.78, 5) is 12.0. The summed E-state index contributed by atoms with van der Waals surface area (Å²) in [7, 11) is 1.43. The molecule has 0 saturated heterocycles. The minimum atomic E-state index is -0.688. The van der Waals surface area contributed by atoms with E-state index in [4.69, 9.17) is 4.74 Å². The van der Waals surface area contributed by atoms with Crippen LogP contribution in [0.5, 0.6) is 0 Å². The standard InChI is InChI=1S/C15H22BrNO2/c1-11(2)9-10-15(3,14(18)19-4)17-13-7-5-12(16)6-8-13/h5-8,11,17H,9-10H2,1-4H3. The number of nitrogens with one attached hydrogen (secondary N) is 1. The molecule has 0 heterocycles. The molecule has 1 atom stereocenters. The SMILES string of the molecule is COC(=O)C(C)(CCC(C)C)Nc1ccc(Br)cc1. The van der Waals surface area contributed by atoms with E-state index in [1.54, 1.807) is 0 Å². The first kappa shape index (κ1) is 16.0. The summed E-state index contributed by atoms with van der Waals surface area (Å²) in [5.41, 5.74) is 0.229. The van der Waals surface area contributed by atoms with Crippen LogP contribution in [0.4, 0.5) is 5.69 Å². The topological polar surface area (TPSA) is 38.3 Å². The predicted octanol–water partition coefficient (Wildman–Crippen LogP) is 4.23. The van der Waals surface area contributed by atoms with E-state index in [2.05, 4.69) is 35.1 Å². The van der Waals surface area contributed by atoms with Crippen LogP contribution in [0.1, 0.15) is 33.6 Å². The summed E-state index contributed by atoms with van der Waals surface area (Å²) in [5, 5.41) is 3.29. The van der Waals surface area contributed by atoms with Gasteiger partial charge in [-0.25, -0.2) is 4.79 Å². The first-order valence-corrected chi connectivity index (χ1v) is 7.29. The van der Waals surface area contributed by atoms with Gasteiger partial charge in [-0.2, -0.15) is 0 Å². The number of carbonyl (C=O) groups excluding carboxylic acids is 1. The fourth-order valence-electron chi connectivity index (χ4n) is 1.87. The maximum absolute atomic E-state index is 12.0. The lowest BCUT2D eigenvalue weighted by Crippen LogP contribution is -2.44. The zero-order valence-corrected chi connectivity index (χ0v) is 13.6. The minimum Gasteiger partial charge on any atom is -0.467 e. The number of hydrogen-bond donors (Lipinski definition) is 1. The third-order valence-corrected chi connectivity index (χ3v) is 3.65. The monoisotopic (exact) mass is 327 g/mol. The van der Waals surface area contributed by atoms with Gasteiger partial charge >= 0.3 is 5.97 Å². The van der Waals surface area contributed by atoms with E-state index in [0.29, 0.717) is 5.92 Å². The fourth-order valence-corrected chi connectivity index (χ4v) is 2.13. The highest BCUT2D eigenvalue weighted by Crippen LogP contribution is 2.24. The second kappa shape index (κ2) is 6.94. The van der Waals surface area contributed by atoms with E-state index in [1.807, 2.05) is 31.2 Å². The lowest BCUT2D eigenvalue weighted by atomic mass is 9.91. The van der Waals surface area contributed by atoms with Crippen molar-refractivity contribution in [1.29, 1.82) is 0 Å². The third-order valence-electron chi connectivity index (χ3n) is 3.12. The molecule has 0 radical (unpaired) electrons.